The van der Waals surface area contributed by atoms with E-state index < -0.39 is 0 Å². The summed E-state index contributed by atoms with van der Waals surface area (Å²) in [5.41, 5.74) is 1.94. The van der Waals surface area contributed by atoms with Crippen LogP contribution in [-0.2, 0) is 13.2 Å². The molecule has 0 atom stereocenters. The number of aliphatic hydroxyl groups excluding tert-OH is 1. The summed E-state index contributed by atoms with van der Waals surface area (Å²) >= 11 is 3.56. The molecule has 0 aromatic heterocycles. The number of ether oxygens (including phenoxy) is 2. The fourth-order valence-electron chi connectivity index (χ4n) is 2.26. The van der Waals surface area contributed by atoms with Crippen LogP contribution in [0.25, 0.3) is 0 Å². The summed E-state index contributed by atoms with van der Waals surface area (Å²) in [5, 5.41) is 12.1. The Balaban J connectivity index is 2.07. The van der Waals surface area contributed by atoms with Crippen LogP contribution in [0.4, 0.5) is 4.39 Å². The molecule has 0 saturated heterocycles. The first kappa shape index (κ1) is 19.7. The number of nitrogens with one attached hydrogen (secondary N) is 1. The number of hydrogen-bond donors (Lipinski definition) is 2. The highest BCUT2D eigenvalue weighted by Crippen LogP contribution is 2.34. The average Bonchev–Trinajstić information content (AvgIpc) is 2.61. The Kier molecular flexibility index (Phi) is 8.18. The Morgan fingerprint density at radius 1 is 1.12 bits per heavy atom. The van der Waals surface area contributed by atoms with E-state index in [9.17, 15) is 4.39 Å². The lowest BCUT2D eigenvalue weighted by Crippen LogP contribution is -2.16. The van der Waals surface area contributed by atoms with Crippen LogP contribution >= 0.6 is 15.9 Å². The van der Waals surface area contributed by atoms with Gasteiger partial charge in [0.1, 0.15) is 12.4 Å². The second-order valence-corrected chi connectivity index (χ2v) is 6.35. The summed E-state index contributed by atoms with van der Waals surface area (Å²) in [6.45, 7) is 4.38. The lowest BCUT2D eigenvalue weighted by atomic mass is 10.2. The number of halogens is 2. The maximum absolute atomic E-state index is 13.0. The molecule has 0 amide bonds. The topological polar surface area (TPSA) is 50.7 Å². The second kappa shape index (κ2) is 10.4. The molecule has 2 aromatic rings. The van der Waals surface area contributed by atoms with Crippen LogP contribution in [-0.4, -0.2) is 24.9 Å². The number of benzene rings is 2. The summed E-state index contributed by atoms with van der Waals surface area (Å²) < 4.78 is 25.5. The van der Waals surface area contributed by atoms with Gasteiger partial charge in [0, 0.05) is 17.6 Å². The van der Waals surface area contributed by atoms with Gasteiger partial charge in [-0.25, -0.2) is 4.39 Å². The molecule has 25 heavy (non-hydrogen) atoms. The van der Waals surface area contributed by atoms with E-state index in [1.54, 1.807) is 12.1 Å². The molecule has 0 bridgehead atoms. The number of rotatable bonds is 10. The Labute approximate surface area is 156 Å². The highest BCUT2D eigenvalue weighted by Gasteiger charge is 2.11. The normalized spacial score (nSPS) is 10.7. The van der Waals surface area contributed by atoms with Gasteiger partial charge in [-0.1, -0.05) is 28.1 Å². The third kappa shape index (κ3) is 6.30. The molecule has 2 aromatic carbocycles. The minimum Gasteiger partial charge on any atom is -0.490 e. The van der Waals surface area contributed by atoms with E-state index in [1.165, 1.54) is 12.1 Å². The van der Waals surface area contributed by atoms with Crippen molar-refractivity contribution in [2.45, 2.75) is 26.5 Å². The van der Waals surface area contributed by atoms with Gasteiger partial charge >= 0.3 is 0 Å². The van der Waals surface area contributed by atoms with Crippen molar-refractivity contribution in [1.29, 1.82) is 0 Å². The van der Waals surface area contributed by atoms with E-state index in [0.717, 1.165) is 28.6 Å². The molecule has 0 saturated carbocycles. The van der Waals surface area contributed by atoms with Crippen molar-refractivity contribution < 1.29 is 19.0 Å². The summed E-state index contributed by atoms with van der Waals surface area (Å²) in [4.78, 5) is 0. The zero-order chi connectivity index (χ0) is 18.1. The number of hydrogen-bond acceptors (Lipinski definition) is 4. The lowest BCUT2D eigenvalue weighted by Gasteiger charge is -2.15. The van der Waals surface area contributed by atoms with Gasteiger partial charge in [-0.05, 0) is 55.3 Å². The maximum atomic E-state index is 13.0. The van der Waals surface area contributed by atoms with Gasteiger partial charge in [0.2, 0.25) is 0 Å². The van der Waals surface area contributed by atoms with Crippen molar-refractivity contribution in [3.63, 3.8) is 0 Å². The molecule has 0 heterocycles. The Morgan fingerprint density at radius 3 is 2.52 bits per heavy atom. The Morgan fingerprint density at radius 2 is 1.84 bits per heavy atom. The summed E-state index contributed by atoms with van der Waals surface area (Å²) in [6, 6.07) is 10.1. The van der Waals surface area contributed by atoms with E-state index in [2.05, 4.69) is 21.2 Å². The minimum atomic E-state index is -0.264. The Bertz CT molecular complexity index is 664. The first-order valence-electron chi connectivity index (χ1n) is 8.28. The molecule has 136 valence electrons. The molecule has 2 N–H and O–H groups in total. The molecule has 0 spiro atoms. The molecule has 0 radical (unpaired) electrons. The van der Waals surface area contributed by atoms with Crippen LogP contribution in [0, 0.1) is 5.82 Å². The van der Waals surface area contributed by atoms with Crippen molar-refractivity contribution in [3.05, 3.63) is 57.8 Å². The smallest absolute Gasteiger partial charge is 0.162 e. The third-order valence-electron chi connectivity index (χ3n) is 3.55. The molecule has 0 unspecified atom stereocenters. The van der Waals surface area contributed by atoms with Crippen molar-refractivity contribution in [2.75, 3.05) is 19.8 Å². The molecule has 0 fully saturated rings. The van der Waals surface area contributed by atoms with Gasteiger partial charge in [0.05, 0.1) is 6.61 Å². The van der Waals surface area contributed by atoms with Crippen LogP contribution in [0.5, 0.6) is 11.5 Å². The molecule has 0 aliphatic carbocycles. The fraction of sp³-hybridized carbons (Fsp3) is 0.368. The molecular weight excluding hydrogens is 389 g/mol. The largest absolute Gasteiger partial charge is 0.490 e. The van der Waals surface area contributed by atoms with E-state index in [0.29, 0.717) is 31.3 Å². The third-order valence-corrected chi connectivity index (χ3v) is 4.29. The van der Waals surface area contributed by atoms with Crippen LogP contribution in [0.1, 0.15) is 24.5 Å². The van der Waals surface area contributed by atoms with Crippen LogP contribution in [0.15, 0.2) is 40.9 Å². The van der Waals surface area contributed by atoms with E-state index in [-0.39, 0.29) is 12.4 Å². The SMILES string of the molecule is CCOc1cc(CNCCCO)c(Br)cc1OCc1ccc(F)cc1. The zero-order valence-corrected chi connectivity index (χ0v) is 15.8. The van der Waals surface area contributed by atoms with E-state index in [4.69, 9.17) is 14.6 Å². The van der Waals surface area contributed by atoms with Crippen molar-refractivity contribution >= 4 is 15.9 Å². The molecule has 4 nitrogen and oxygen atoms in total. The first-order chi connectivity index (χ1) is 12.1. The lowest BCUT2D eigenvalue weighted by molar-refractivity contribution is 0.268. The second-order valence-electron chi connectivity index (χ2n) is 5.49. The Hall–Kier alpha value is -1.63. The predicted molar refractivity (Wildman–Crippen MR) is 99.5 cm³/mol. The predicted octanol–water partition coefficient (Wildman–Crippen LogP) is 4.04. The van der Waals surface area contributed by atoms with Gasteiger partial charge in [-0.15, -0.1) is 0 Å². The molecule has 6 heteroatoms. The highest BCUT2D eigenvalue weighted by molar-refractivity contribution is 9.10. The molecule has 0 aliphatic rings. The van der Waals surface area contributed by atoms with Gasteiger partial charge in [0.15, 0.2) is 11.5 Å². The van der Waals surface area contributed by atoms with Gasteiger partial charge in [-0.2, -0.15) is 0 Å². The summed E-state index contributed by atoms with van der Waals surface area (Å²) in [7, 11) is 0. The highest BCUT2D eigenvalue weighted by atomic mass is 79.9. The van der Waals surface area contributed by atoms with Crippen molar-refractivity contribution in [2.24, 2.45) is 0 Å². The van der Waals surface area contributed by atoms with Crippen LogP contribution in [0.2, 0.25) is 0 Å². The molecule has 0 aliphatic heterocycles. The van der Waals surface area contributed by atoms with Crippen molar-refractivity contribution in [3.8, 4) is 11.5 Å². The van der Waals surface area contributed by atoms with Crippen LogP contribution < -0.4 is 14.8 Å². The molecule has 2 rings (SSSR count). The fourth-order valence-corrected chi connectivity index (χ4v) is 2.73. The monoisotopic (exact) mass is 411 g/mol. The van der Waals surface area contributed by atoms with Gasteiger partial charge in [-0.3, -0.25) is 0 Å². The maximum Gasteiger partial charge on any atom is 0.162 e. The first-order valence-corrected chi connectivity index (χ1v) is 9.07. The van der Waals surface area contributed by atoms with Gasteiger partial charge < -0.3 is 19.9 Å². The quantitative estimate of drug-likeness (QED) is 0.579. The summed E-state index contributed by atoms with van der Waals surface area (Å²) in [6.07, 6.45) is 0.717. The number of aliphatic hydroxyl groups is 1. The standard InChI is InChI=1S/C19H23BrFNO3/c1-2-24-18-10-15(12-22-8-3-9-23)17(20)11-19(18)25-13-14-4-6-16(21)7-5-14/h4-7,10-11,22-23H,2-3,8-9,12-13H2,1H3. The summed E-state index contributed by atoms with van der Waals surface area (Å²) in [5.74, 6) is 1.04. The van der Waals surface area contributed by atoms with E-state index >= 15 is 0 Å². The average molecular weight is 412 g/mol. The van der Waals surface area contributed by atoms with Gasteiger partial charge in [0.25, 0.3) is 0 Å². The zero-order valence-electron chi connectivity index (χ0n) is 14.2. The van der Waals surface area contributed by atoms with E-state index in [1.807, 2.05) is 19.1 Å². The van der Waals surface area contributed by atoms with Crippen LogP contribution in [0.3, 0.4) is 0 Å². The minimum absolute atomic E-state index is 0.175. The molecular formula is C19H23BrFNO3. The van der Waals surface area contributed by atoms with Crippen molar-refractivity contribution in [1.82, 2.24) is 5.32 Å².